The van der Waals surface area contributed by atoms with Crippen molar-refractivity contribution < 1.29 is 14.3 Å². The van der Waals surface area contributed by atoms with E-state index in [9.17, 15) is 9.59 Å². The molecule has 1 aromatic rings. The molecule has 0 fully saturated rings. The molecule has 0 radical (unpaired) electrons. The predicted octanol–water partition coefficient (Wildman–Crippen LogP) is 1.08. The summed E-state index contributed by atoms with van der Waals surface area (Å²) in [6.07, 6.45) is 0. The summed E-state index contributed by atoms with van der Waals surface area (Å²) in [6, 6.07) is 6.60. The summed E-state index contributed by atoms with van der Waals surface area (Å²) in [4.78, 5) is 22.5. The predicted molar refractivity (Wildman–Crippen MR) is 68.4 cm³/mol. The Kier molecular flexibility index (Phi) is 4.31. The van der Waals surface area contributed by atoms with E-state index >= 15 is 0 Å². The summed E-state index contributed by atoms with van der Waals surface area (Å²) >= 11 is 0. The second-order valence-electron chi connectivity index (χ2n) is 4.99. The Morgan fingerprint density at radius 2 is 2.00 bits per heavy atom. The molecule has 0 heterocycles. The quantitative estimate of drug-likeness (QED) is 0.839. The summed E-state index contributed by atoms with van der Waals surface area (Å²) in [5, 5.41) is 2.84. The van der Waals surface area contributed by atoms with E-state index < -0.39 is 5.91 Å². The third kappa shape index (κ3) is 4.86. The molecule has 98 valence electrons. The van der Waals surface area contributed by atoms with Gasteiger partial charge in [-0.05, 0) is 39.0 Å². The van der Waals surface area contributed by atoms with Gasteiger partial charge >= 0.3 is 0 Å². The molecule has 1 aromatic carbocycles. The number of rotatable bonds is 4. The highest BCUT2D eigenvalue weighted by atomic mass is 16.5. The van der Waals surface area contributed by atoms with Crippen LogP contribution < -0.4 is 15.8 Å². The first kappa shape index (κ1) is 14.0. The van der Waals surface area contributed by atoms with Gasteiger partial charge in [0.1, 0.15) is 5.75 Å². The van der Waals surface area contributed by atoms with Gasteiger partial charge in [0.2, 0.25) is 0 Å². The lowest BCUT2D eigenvalue weighted by atomic mass is 10.1. The minimum Gasteiger partial charge on any atom is -0.484 e. The van der Waals surface area contributed by atoms with Crippen molar-refractivity contribution in [3.05, 3.63) is 29.8 Å². The molecule has 0 saturated carbocycles. The van der Waals surface area contributed by atoms with Gasteiger partial charge in [-0.15, -0.1) is 0 Å². The number of carbonyl (C=O) groups is 2. The van der Waals surface area contributed by atoms with Crippen molar-refractivity contribution in [1.29, 1.82) is 0 Å². The van der Waals surface area contributed by atoms with Crippen molar-refractivity contribution in [2.45, 2.75) is 26.3 Å². The van der Waals surface area contributed by atoms with Crippen molar-refractivity contribution >= 4 is 11.8 Å². The molecular formula is C13H18N2O3. The van der Waals surface area contributed by atoms with E-state index in [-0.39, 0.29) is 18.1 Å². The van der Waals surface area contributed by atoms with Crippen LogP contribution >= 0.6 is 0 Å². The number of hydrogen-bond acceptors (Lipinski definition) is 3. The zero-order chi connectivity index (χ0) is 13.8. The molecule has 0 aliphatic carbocycles. The van der Waals surface area contributed by atoms with E-state index in [4.69, 9.17) is 10.5 Å². The minimum atomic E-state index is -0.556. The second-order valence-corrected chi connectivity index (χ2v) is 4.99. The van der Waals surface area contributed by atoms with Gasteiger partial charge in [0.25, 0.3) is 11.8 Å². The van der Waals surface area contributed by atoms with Crippen molar-refractivity contribution in [1.82, 2.24) is 5.32 Å². The molecule has 3 N–H and O–H groups in total. The van der Waals surface area contributed by atoms with Crippen LogP contribution in [0.1, 0.15) is 31.1 Å². The van der Waals surface area contributed by atoms with Crippen molar-refractivity contribution in [3.8, 4) is 5.75 Å². The molecule has 0 aromatic heterocycles. The Balaban J connectivity index is 2.75. The fourth-order valence-electron chi connectivity index (χ4n) is 1.29. The Labute approximate surface area is 106 Å². The Bertz CT molecular complexity index is 450. The highest BCUT2D eigenvalue weighted by molar-refractivity contribution is 5.95. The van der Waals surface area contributed by atoms with Crippen LogP contribution in [0.3, 0.4) is 0 Å². The minimum absolute atomic E-state index is 0.188. The molecule has 0 aliphatic heterocycles. The number of hydrogen-bond donors (Lipinski definition) is 2. The van der Waals surface area contributed by atoms with E-state index in [0.717, 1.165) is 0 Å². The maximum atomic E-state index is 11.9. The second kappa shape index (κ2) is 5.53. The molecule has 0 unspecified atom stereocenters. The topological polar surface area (TPSA) is 81.4 Å². The third-order valence-electron chi connectivity index (χ3n) is 1.97. The van der Waals surface area contributed by atoms with E-state index in [1.54, 1.807) is 24.3 Å². The van der Waals surface area contributed by atoms with E-state index in [1.165, 1.54) is 0 Å². The monoisotopic (exact) mass is 250 g/mol. The van der Waals surface area contributed by atoms with Crippen LogP contribution in [0.15, 0.2) is 24.3 Å². The maximum absolute atomic E-state index is 11.9. The lowest BCUT2D eigenvalue weighted by Gasteiger charge is -2.20. The van der Waals surface area contributed by atoms with Gasteiger partial charge in [-0.3, -0.25) is 9.59 Å². The summed E-state index contributed by atoms with van der Waals surface area (Å²) in [6.45, 7) is 5.50. The van der Waals surface area contributed by atoms with Gasteiger partial charge < -0.3 is 15.8 Å². The maximum Gasteiger partial charge on any atom is 0.255 e. The van der Waals surface area contributed by atoms with Crippen LogP contribution in [0.2, 0.25) is 0 Å². The van der Waals surface area contributed by atoms with Crippen LogP contribution in [0, 0.1) is 0 Å². The largest absolute Gasteiger partial charge is 0.484 e. The van der Waals surface area contributed by atoms with Gasteiger partial charge in [0.15, 0.2) is 6.61 Å². The summed E-state index contributed by atoms with van der Waals surface area (Å²) < 4.78 is 5.13. The molecule has 0 bridgehead atoms. The first-order valence-electron chi connectivity index (χ1n) is 5.61. The summed E-state index contributed by atoms with van der Waals surface area (Å²) in [5.74, 6) is -0.304. The molecule has 1 rings (SSSR count). The Hall–Kier alpha value is -2.04. The molecule has 0 atom stereocenters. The highest BCUT2D eigenvalue weighted by Crippen LogP contribution is 2.14. The van der Waals surface area contributed by atoms with Crippen molar-refractivity contribution in [3.63, 3.8) is 0 Å². The fraction of sp³-hybridized carbons (Fsp3) is 0.385. The first-order valence-corrected chi connectivity index (χ1v) is 5.61. The van der Waals surface area contributed by atoms with Crippen molar-refractivity contribution in [2.75, 3.05) is 6.61 Å². The number of carbonyl (C=O) groups excluding carboxylic acids is 2. The highest BCUT2D eigenvalue weighted by Gasteiger charge is 2.15. The molecule has 0 aliphatic rings. The zero-order valence-electron chi connectivity index (χ0n) is 10.8. The van der Waals surface area contributed by atoms with Crippen LogP contribution in [-0.4, -0.2) is 24.0 Å². The molecule has 18 heavy (non-hydrogen) atoms. The number of amides is 2. The van der Waals surface area contributed by atoms with Gasteiger partial charge in [0.05, 0.1) is 0 Å². The molecule has 5 nitrogen and oxygen atoms in total. The molecule has 5 heteroatoms. The van der Waals surface area contributed by atoms with Crippen LogP contribution in [0.5, 0.6) is 5.75 Å². The van der Waals surface area contributed by atoms with Gasteiger partial charge in [-0.1, -0.05) is 6.07 Å². The summed E-state index contributed by atoms with van der Waals surface area (Å²) in [5.41, 5.74) is 5.15. The number of benzene rings is 1. The smallest absolute Gasteiger partial charge is 0.255 e. The molecule has 0 saturated heterocycles. The zero-order valence-corrected chi connectivity index (χ0v) is 10.8. The lowest BCUT2D eigenvalue weighted by Crippen LogP contribution is -2.40. The third-order valence-corrected chi connectivity index (χ3v) is 1.97. The van der Waals surface area contributed by atoms with Gasteiger partial charge in [-0.2, -0.15) is 0 Å². The number of nitrogens with one attached hydrogen (secondary N) is 1. The Morgan fingerprint density at radius 1 is 1.33 bits per heavy atom. The van der Waals surface area contributed by atoms with E-state index in [0.29, 0.717) is 11.3 Å². The molecule has 2 amide bonds. The van der Waals surface area contributed by atoms with Crippen LogP contribution in [0.4, 0.5) is 0 Å². The lowest BCUT2D eigenvalue weighted by molar-refractivity contribution is -0.119. The van der Waals surface area contributed by atoms with Crippen molar-refractivity contribution in [2.24, 2.45) is 5.73 Å². The number of primary amides is 1. The average Bonchev–Trinajstić information content (AvgIpc) is 2.24. The van der Waals surface area contributed by atoms with Crippen LogP contribution in [-0.2, 0) is 4.79 Å². The number of nitrogens with two attached hydrogens (primary N) is 1. The van der Waals surface area contributed by atoms with Gasteiger partial charge in [-0.25, -0.2) is 0 Å². The van der Waals surface area contributed by atoms with Gasteiger partial charge in [0, 0.05) is 11.1 Å². The first-order chi connectivity index (χ1) is 8.28. The SMILES string of the molecule is CC(C)(C)NC(=O)c1cccc(OCC(N)=O)c1. The summed E-state index contributed by atoms with van der Waals surface area (Å²) in [7, 11) is 0. The van der Waals surface area contributed by atoms with Crippen LogP contribution in [0.25, 0.3) is 0 Å². The molecule has 0 spiro atoms. The average molecular weight is 250 g/mol. The standard InChI is InChI=1S/C13H18N2O3/c1-13(2,3)15-12(17)9-5-4-6-10(7-9)18-8-11(14)16/h4-7H,8H2,1-3H3,(H2,14,16)(H,15,17). The molecular weight excluding hydrogens is 232 g/mol. The fourth-order valence-corrected chi connectivity index (χ4v) is 1.29. The normalized spacial score (nSPS) is 10.8. The van der Waals surface area contributed by atoms with E-state index in [1.807, 2.05) is 20.8 Å². The van der Waals surface area contributed by atoms with E-state index in [2.05, 4.69) is 5.32 Å². The number of ether oxygens (including phenoxy) is 1. The Morgan fingerprint density at radius 3 is 2.56 bits per heavy atom.